The molecule has 1 unspecified atom stereocenters. The van der Waals surface area contributed by atoms with Gasteiger partial charge >= 0.3 is 0 Å². The van der Waals surface area contributed by atoms with Crippen LogP contribution < -0.4 is 5.32 Å². The highest BCUT2D eigenvalue weighted by Crippen LogP contribution is 2.19. The summed E-state index contributed by atoms with van der Waals surface area (Å²) in [6, 6.07) is 15.4. The summed E-state index contributed by atoms with van der Waals surface area (Å²) in [5.74, 6) is -0.484. The van der Waals surface area contributed by atoms with Crippen LogP contribution in [0.1, 0.15) is 16.5 Å². The first-order valence-electron chi connectivity index (χ1n) is 6.38. The van der Waals surface area contributed by atoms with Crippen LogP contribution in [0.25, 0.3) is 0 Å². The average molecular weight is 292 g/mol. The van der Waals surface area contributed by atoms with Crippen molar-refractivity contribution in [3.63, 3.8) is 0 Å². The molecule has 0 fully saturated rings. The lowest BCUT2D eigenvalue weighted by atomic mass is 10.1. The number of nitrogens with one attached hydrogen (secondary N) is 1. The van der Waals surface area contributed by atoms with Crippen LogP contribution >= 0.6 is 11.6 Å². The standard InChI is InChI=1S/C16H15ClFNO/c17-15(13-4-2-1-3-5-13)16(20)19-11-10-12-6-8-14(18)9-7-12/h1-9,15H,10-11H2,(H,19,20). The third-order valence-electron chi connectivity index (χ3n) is 2.95. The maximum Gasteiger partial charge on any atom is 0.242 e. The van der Waals surface area contributed by atoms with Crippen LogP contribution in [0.5, 0.6) is 0 Å². The van der Waals surface area contributed by atoms with E-state index >= 15 is 0 Å². The van der Waals surface area contributed by atoms with E-state index < -0.39 is 5.38 Å². The fraction of sp³-hybridized carbons (Fsp3) is 0.188. The van der Waals surface area contributed by atoms with E-state index in [9.17, 15) is 9.18 Å². The molecule has 0 radical (unpaired) electrons. The zero-order valence-corrected chi connectivity index (χ0v) is 11.6. The Morgan fingerprint density at radius 3 is 2.40 bits per heavy atom. The number of carbonyl (C=O) groups is 1. The number of hydrogen-bond donors (Lipinski definition) is 1. The molecule has 0 bridgehead atoms. The minimum atomic E-state index is -0.690. The summed E-state index contributed by atoms with van der Waals surface area (Å²) in [6.45, 7) is 0.473. The molecule has 2 rings (SSSR count). The fourth-order valence-electron chi connectivity index (χ4n) is 1.84. The SMILES string of the molecule is O=C(NCCc1ccc(F)cc1)C(Cl)c1ccccc1. The van der Waals surface area contributed by atoms with E-state index in [1.165, 1.54) is 12.1 Å². The highest BCUT2D eigenvalue weighted by atomic mass is 35.5. The number of hydrogen-bond acceptors (Lipinski definition) is 1. The molecule has 0 saturated heterocycles. The molecule has 20 heavy (non-hydrogen) atoms. The van der Waals surface area contributed by atoms with E-state index in [1.807, 2.05) is 30.3 Å². The number of halogens is 2. The number of amides is 1. The summed E-state index contributed by atoms with van der Waals surface area (Å²) < 4.78 is 12.7. The van der Waals surface area contributed by atoms with E-state index in [0.29, 0.717) is 13.0 Å². The van der Waals surface area contributed by atoms with Crippen molar-refractivity contribution in [1.29, 1.82) is 0 Å². The Morgan fingerprint density at radius 1 is 1.10 bits per heavy atom. The van der Waals surface area contributed by atoms with Crippen LogP contribution in [-0.4, -0.2) is 12.5 Å². The Kier molecular flexibility index (Phi) is 5.13. The van der Waals surface area contributed by atoms with Crippen LogP contribution in [0.15, 0.2) is 54.6 Å². The van der Waals surface area contributed by atoms with Crippen LogP contribution in [0.4, 0.5) is 4.39 Å². The van der Waals surface area contributed by atoms with Crippen molar-refractivity contribution in [2.45, 2.75) is 11.8 Å². The number of carbonyl (C=O) groups excluding carboxylic acids is 1. The van der Waals surface area contributed by atoms with Crippen LogP contribution in [0.2, 0.25) is 0 Å². The monoisotopic (exact) mass is 291 g/mol. The normalized spacial score (nSPS) is 11.9. The van der Waals surface area contributed by atoms with Gasteiger partial charge in [0, 0.05) is 6.54 Å². The molecule has 0 spiro atoms. The summed E-state index contributed by atoms with van der Waals surface area (Å²) in [4.78, 5) is 11.9. The van der Waals surface area contributed by atoms with Crippen molar-refractivity contribution in [2.24, 2.45) is 0 Å². The second-order valence-electron chi connectivity index (χ2n) is 4.44. The van der Waals surface area contributed by atoms with Crippen molar-refractivity contribution in [1.82, 2.24) is 5.32 Å². The summed E-state index contributed by atoms with van der Waals surface area (Å²) in [5, 5.41) is 2.09. The molecule has 0 aliphatic carbocycles. The third kappa shape index (κ3) is 4.07. The average Bonchev–Trinajstić information content (AvgIpc) is 2.49. The maximum absolute atomic E-state index is 12.7. The van der Waals surface area contributed by atoms with Gasteiger partial charge < -0.3 is 5.32 Å². The summed E-state index contributed by atoms with van der Waals surface area (Å²) in [7, 11) is 0. The molecule has 0 aromatic heterocycles. The molecule has 2 aromatic rings. The Balaban J connectivity index is 1.82. The Labute approximate surface area is 122 Å². The zero-order chi connectivity index (χ0) is 14.4. The van der Waals surface area contributed by atoms with Crippen LogP contribution in [0.3, 0.4) is 0 Å². The van der Waals surface area contributed by atoms with Gasteiger partial charge in [0.25, 0.3) is 0 Å². The second kappa shape index (κ2) is 7.06. The minimum absolute atomic E-state index is 0.222. The molecule has 104 valence electrons. The molecule has 1 atom stereocenters. The molecule has 1 amide bonds. The van der Waals surface area contributed by atoms with Crippen molar-refractivity contribution in [2.75, 3.05) is 6.54 Å². The largest absolute Gasteiger partial charge is 0.354 e. The van der Waals surface area contributed by atoms with Gasteiger partial charge in [-0.15, -0.1) is 11.6 Å². The van der Waals surface area contributed by atoms with Gasteiger partial charge in [0.05, 0.1) is 0 Å². The maximum atomic E-state index is 12.7. The predicted octanol–water partition coefficient (Wildman–Crippen LogP) is 3.46. The van der Waals surface area contributed by atoms with E-state index in [2.05, 4.69) is 5.32 Å². The van der Waals surface area contributed by atoms with Crippen molar-refractivity contribution >= 4 is 17.5 Å². The molecule has 0 heterocycles. The molecule has 0 aliphatic rings. The molecule has 1 N–H and O–H groups in total. The predicted molar refractivity (Wildman–Crippen MR) is 78.1 cm³/mol. The fourth-order valence-corrected chi connectivity index (χ4v) is 2.07. The number of benzene rings is 2. The zero-order valence-electron chi connectivity index (χ0n) is 10.9. The van der Waals surface area contributed by atoms with Gasteiger partial charge in [-0.25, -0.2) is 4.39 Å². The Morgan fingerprint density at radius 2 is 1.75 bits per heavy atom. The van der Waals surface area contributed by atoms with E-state index in [1.54, 1.807) is 12.1 Å². The molecule has 2 nitrogen and oxygen atoms in total. The summed E-state index contributed by atoms with van der Waals surface area (Å²) >= 11 is 6.10. The highest BCUT2D eigenvalue weighted by Gasteiger charge is 2.16. The van der Waals surface area contributed by atoms with Crippen LogP contribution in [0, 0.1) is 5.82 Å². The summed E-state index contributed by atoms with van der Waals surface area (Å²) in [6.07, 6.45) is 0.643. The van der Waals surface area contributed by atoms with Crippen molar-refractivity contribution in [3.05, 3.63) is 71.5 Å². The van der Waals surface area contributed by atoms with E-state index in [-0.39, 0.29) is 11.7 Å². The smallest absolute Gasteiger partial charge is 0.242 e. The minimum Gasteiger partial charge on any atom is -0.354 e. The van der Waals surface area contributed by atoms with Crippen LogP contribution in [-0.2, 0) is 11.2 Å². The van der Waals surface area contributed by atoms with Gasteiger partial charge in [0.15, 0.2) is 0 Å². The van der Waals surface area contributed by atoms with Gasteiger partial charge in [-0.1, -0.05) is 42.5 Å². The molecule has 0 aliphatic heterocycles. The summed E-state index contributed by atoms with van der Waals surface area (Å²) in [5.41, 5.74) is 1.74. The lowest BCUT2D eigenvalue weighted by Crippen LogP contribution is -2.28. The lowest BCUT2D eigenvalue weighted by molar-refractivity contribution is -0.120. The number of alkyl halides is 1. The molecule has 0 saturated carbocycles. The van der Waals surface area contributed by atoms with Gasteiger partial charge in [-0.05, 0) is 29.7 Å². The number of rotatable bonds is 5. The molecular formula is C16H15ClFNO. The van der Waals surface area contributed by atoms with Crippen molar-refractivity contribution in [3.8, 4) is 0 Å². The second-order valence-corrected chi connectivity index (χ2v) is 4.88. The van der Waals surface area contributed by atoms with Gasteiger partial charge in [0.2, 0.25) is 5.91 Å². The first-order chi connectivity index (χ1) is 9.66. The first kappa shape index (κ1) is 14.5. The van der Waals surface area contributed by atoms with Gasteiger partial charge in [0.1, 0.15) is 11.2 Å². The van der Waals surface area contributed by atoms with E-state index in [4.69, 9.17) is 11.6 Å². The third-order valence-corrected chi connectivity index (χ3v) is 3.40. The van der Waals surface area contributed by atoms with Gasteiger partial charge in [-0.3, -0.25) is 4.79 Å². The molecular weight excluding hydrogens is 277 g/mol. The topological polar surface area (TPSA) is 29.1 Å². The quantitative estimate of drug-likeness (QED) is 0.840. The molecule has 2 aromatic carbocycles. The van der Waals surface area contributed by atoms with E-state index in [0.717, 1.165) is 11.1 Å². The lowest BCUT2D eigenvalue weighted by Gasteiger charge is -2.10. The highest BCUT2D eigenvalue weighted by molar-refractivity contribution is 6.30. The Bertz CT molecular complexity index is 556. The first-order valence-corrected chi connectivity index (χ1v) is 6.81. The van der Waals surface area contributed by atoms with Crippen molar-refractivity contribution < 1.29 is 9.18 Å². The Hall–Kier alpha value is -1.87. The molecule has 4 heteroatoms. The van der Waals surface area contributed by atoms with Gasteiger partial charge in [-0.2, -0.15) is 0 Å².